The lowest BCUT2D eigenvalue weighted by Crippen LogP contribution is -2.33. The van der Waals surface area contributed by atoms with Gasteiger partial charge in [-0.3, -0.25) is 9.59 Å². The molecule has 2 amide bonds. The Morgan fingerprint density at radius 2 is 1.64 bits per heavy atom. The Labute approximate surface area is 192 Å². The standard InChI is InChI=1S/C27H25FN2O3/c1-4-16-33-20-14-12-19(13-15-20)24-25(29-22-10-7-8-17(2)18(22)3)27(32)30(26(24)31)23-11-6-5-9-21(23)28/h5-15,29H,4,16H2,1-3H3. The van der Waals surface area contributed by atoms with E-state index in [0.717, 1.165) is 22.4 Å². The highest BCUT2D eigenvalue weighted by atomic mass is 19.1. The fraction of sp³-hybridized carbons (Fsp3) is 0.185. The number of nitrogens with zero attached hydrogens (tertiary/aromatic N) is 1. The molecule has 0 atom stereocenters. The maximum absolute atomic E-state index is 14.6. The maximum Gasteiger partial charge on any atom is 0.282 e. The molecule has 1 heterocycles. The molecule has 0 saturated heterocycles. The van der Waals surface area contributed by atoms with Gasteiger partial charge in [0.25, 0.3) is 11.8 Å². The van der Waals surface area contributed by atoms with E-state index in [0.29, 0.717) is 23.6 Å². The summed E-state index contributed by atoms with van der Waals surface area (Å²) >= 11 is 0. The molecule has 0 saturated carbocycles. The van der Waals surface area contributed by atoms with Crippen LogP contribution in [0.1, 0.15) is 30.0 Å². The van der Waals surface area contributed by atoms with Gasteiger partial charge in [-0.1, -0.05) is 43.3 Å². The topological polar surface area (TPSA) is 58.6 Å². The molecule has 1 N–H and O–H groups in total. The number of ether oxygens (including phenoxy) is 1. The molecule has 0 bridgehead atoms. The summed E-state index contributed by atoms with van der Waals surface area (Å²) in [6, 6.07) is 18.4. The highest BCUT2D eigenvalue weighted by Crippen LogP contribution is 2.36. The number of amides is 2. The van der Waals surface area contributed by atoms with Gasteiger partial charge in [0.2, 0.25) is 0 Å². The van der Waals surface area contributed by atoms with Gasteiger partial charge in [0.15, 0.2) is 0 Å². The summed E-state index contributed by atoms with van der Waals surface area (Å²) in [4.78, 5) is 27.8. The van der Waals surface area contributed by atoms with Crippen LogP contribution < -0.4 is 15.0 Å². The third-order valence-corrected chi connectivity index (χ3v) is 5.66. The van der Waals surface area contributed by atoms with Crippen molar-refractivity contribution in [2.45, 2.75) is 27.2 Å². The summed E-state index contributed by atoms with van der Waals surface area (Å²) in [5, 5.41) is 3.16. The predicted molar refractivity (Wildman–Crippen MR) is 128 cm³/mol. The van der Waals surface area contributed by atoms with Crippen LogP contribution in [0.15, 0.2) is 72.4 Å². The van der Waals surface area contributed by atoms with E-state index in [9.17, 15) is 14.0 Å². The molecule has 0 aromatic heterocycles. The smallest absolute Gasteiger partial charge is 0.282 e. The molecule has 0 spiro atoms. The third-order valence-electron chi connectivity index (χ3n) is 5.66. The molecular weight excluding hydrogens is 419 g/mol. The molecule has 0 unspecified atom stereocenters. The van der Waals surface area contributed by atoms with Crippen LogP contribution in [0.4, 0.5) is 15.8 Å². The largest absolute Gasteiger partial charge is 0.494 e. The minimum Gasteiger partial charge on any atom is -0.494 e. The van der Waals surface area contributed by atoms with E-state index >= 15 is 0 Å². The fourth-order valence-electron chi connectivity index (χ4n) is 3.72. The van der Waals surface area contributed by atoms with Crippen LogP contribution in [0, 0.1) is 19.7 Å². The molecule has 3 aromatic rings. The Bertz CT molecular complexity index is 1250. The molecule has 168 valence electrons. The van der Waals surface area contributed by atoms with Gasteiger partial charge in [0.05, 0.1) is 17.9 Å². The molecule has 6 heteroatoms. The first-order valence-corrected chi connectivity index (χ1v) is 10.9. The Morgan fingerprint density at radius 3 is 2.33 bits per heavy atom. The number of carbonyl (C=O) groups excluding carboxylic acids is 2. The highest BCUT2D eigenvalue weighted by Gasteiger charge is 2.41. The van der Waals surface area contributed by atoms with Crippen LogP contribution in [0.5, 0.6) is 5.75 Å². The number of halogens is 1. The van der Waals surface area contributed by atoms with Gasteiger partial charge in [-0.05, 0) is 67.3 Å². The zero-order chi connectivity index (χ0) is 23.5. The van der Waals surface area contributed by atoms with E-state index in [-0.39, 0.29) is 17.0 Å². The summed E-state index contributed by atoms with van der Waals surface area (Å²) in [6.45, 7) is 6.51. The molecule has 0 radical (unpaired) electrons. The summed E-state index contributed by atoms with van der Waals surface area (Å²) in [5.74, 6) is -1.16. The highest BCUT2D eigenvalue weighted by molar-refractivity contribution is 6.46. The first-order valence-electron chi connectivity index (χ1n) is 10.9. The number of rotatable bonds is 7. The summed E-state index contributed by atoms with van der Waals surface area (Å²) < 4.78 is 20.2. The van der Waals surface area contributed by atoms with Crippen molar-refractivity contribution in [2.75, 3.05) is 16.8 Å². The molecule has 4 rings (SSSR count). The minimum absolute atomic E-state index is 0.0781. The van der Waals surface area contributed by atoms with Gasteiger partial charge in [-0.15, -0.1) is 0 Å². The molecule has 33 heavy (non-hydrogen) atoms. The fourth-order valence-corrected chi connectivity index (χ4v) is 3.72. The number of anilines is 2. The van der Waals surface area contributed by atoms with Crippen LogP contribution in [-0.4, -0.2) is 18.4 Å². The van der Waals surface area contributed by atoms with Gasteiger partial charge in [0, 0.05) is 5.69 Å². The van der Waals surface area contributed by atoms with Crippen LogP contribution in [-0.2, 0) is 9.59 Å². The SMILES string of the molecule is CCCOc1ccc(C2=C(Nc3cccc(C)c3C)C(=O)N(c3ccccc3F)C2=O)cc1. The minimum atomic E-state index is -0.644. The van der Waals surface area contributed by atoms with E-state index in [1.165, 1.54) is 18.2 Å². The van der Waals surface area contributed by atoms with Crippen LogP contribution in [0.2, 0.25) is 0 Å². The van der Waals surface area contributed by atoms with Crippen molar-refractivity contribution in [3.8, 4) is 5.75 Å². The predicted octanol–water partition coefficient (Wildman–Crippen LogP) is 5.63. The second-order valence-corrected chi connectivity index (χ2v) is 7.89. The Balaban J connectivity index is 1.81. The number of hydrogen-bond donors (Lipinski definition) is 1. The molecule has 0 aliphatic carbocycles. The normalized spacial score (nSPS) is 13.6. The van der Waals surface area contributed by atoms with Gasteiger partial charge >= 0.3 is 0 Å². The third kappa shape index (κ3) is 4.24. The van der Waals surface area contributed by atoms with Crippen molar-refractivity contribution >= 4 is 28.8 Å². The van der Waals surface area contributed by atoms with Crippen molar-refractivity contribution < 1.29 is 18.7 Å². The van der Waals surface area contributed by atoms with Crippen molar-refractivity contribution in [3.05, 3.63) is 94.9 Å². The maximum atomic E-state index is 14.6. The van der Waals surface area contributed by atoms with Crippen molar-refractivity contribution in [1.82, 2.24) is 0 Å². The number of benzene rings is 3. The molecule has 0 fully saturated rings. The Morgan fingerprint density at radius 1 is 0.909 bits per heavy atom. The van der Waals surface area contributed by atoms with Crippen LogP contribution in [0.3, 0.4) is 0 Å². The van der Waals surface area contributed by atoms with E-state index in [2.05, 4.69) is 5.32 Å². The summed E-state index contributed by atoms with van der Waals surface area (Å²) in [5.41, 5.74) is 3.47. The van der Waals surface area contributed by atoms with E-state index in [4.69, 9.17) is 4.74 Å². The number of aryl methyl sites for hydroxylation is 1. The molecular formula is C27H25FN2O3. The van der Waals surface area contributed by atoms with Gasteiger partial charge in [-0.2, -0.15) is 0 Å². The van der Waals surface area contributed by atoms with Crippen molar-refractivity contribution in [1.29, 1.82) is 0 Å². The summed E-state index contributed by atoms with van der Waals surface area (Å²) in [6.07, 6.45) is 0.876. The number of para-hydroxylation sites is 1. The molecule has 3 aromatic carbocycles. The van der Waals surface area contributed by atoms with Crippen molar-refractivity contribution in [3.63, 3.8) is 0 Å². The Hall–Kier alpha value is -3.93. The zero-order valence-corrected chi connectivity index (χ0v) is 18.8. The Kier molecular flexibility index (Phi) is 6.27. The van der Waals surface area contributed by atoms with E-state index in [1.54, 1.807) is 30.3 Å². The van der Waals surface area contributed by atoms with E-state index in [1.807, 2.05) is 39.0 Å². The van der Waals surface area contributed by atoms with Crippen molar-refractivity contribution in [2.24, 2.45) is 0 Å². The quantitative estimate of drug-likeness (QED) is 0.480. The average molecular weight is 445 g/mol. The van der Waals surface area contributed by atoms with Gasteiger partial charge in [0.1, 0.15) is 17.3 Å². The molecule has 1 aliphatic rings. The summed E-state index contributed by atoms with van der Waals surface area (Å²) in [7, 11) is 0. The number of hydrogen-bond acceptors (Lipinski definition) is 4. The zero-order valence-electron chi connectivity index (χ0n) is 18.8. The molecule has 1 aliphatic heterocycles. The number of carbonyl (C=O) groups is 2. The van der Waals surface area contributed by atoms with Gasteiger partial charge < -0.3 is 10.1 Å². The lowest BCUT2D eigenvalue weighted by molar-refractivity contribution is -0.120. The first-order chi connectivity index (χ1) is 15.9. The number of imide groups is 1. The second kappa shape index (κ2) is 9.28. The lowest BCUT2D eigenvalue weighted by atomic mass is 10.0. The second-order valence-electron chi connectivity index (χ2n) is 7.89. The number of nitrogens with one attached hydrogen (secondary N) is 1. The first kappa shape index (κ1) is 22.3. The monoisotopic (exact) mass is 444 g/mol. The van der Waals surface area contributed by atoms with Crippen LogP contribution >= 0.6 is 0 Å². The molecule has 5 nitrogen and oxygen atoms in total. The van der Waals surface area contributed by atoms with Gasteiger partial charge in [-0.25, -0.2) is 9.29 Å². The van der Waals surface area contributed by atoms with E-state index < -0.39 is 17.6 Å². The average Bonchev–Trinajstić information content (AvgIpc) is 3.05. The lowest BCUT2D eigenvalue weighted by Gasteiger charge is -2.16. The van der Waals surface area contributed by atoms with Crippen LogP contribution in [0.25, 0.3) is 5.57 Å².